The minimum absolute atomic E-state index is 0.0165. The molecule has 20 heavy (non-hydrogen) atoms. The van der Waals surface area contributed by atoms with Crippen LogP contribution in [0.3, 0.4) is 0 Å². The molecule has 1 fully saturated rings. The predicted molar refractivity (Wildman–Crippen MR) is 79.1 cm³/mol. The van der Waals surface area contributed by atoms with Crippen molar-refractivity contribution in [2.75, 3.05) is 46.8 Å². The lowest BCUT2D eigenvalue weighted by atomic mass is 9.86. The van der Waals surface area contributed by atoms with Crippen LogP contribution in [0.2, 0.25) is 0 Å². The van der Waals surface area contributed by atoms with E-state index in [9.17, 15) is 9.59 Å². The lowest BCUT2D eigenvalue weighted by molar-refractivity contribution is -0.142. The van der Waals surface area contributed by atoms with Crippen molar-refractivity contribution in [3.8, 4) is 0 Å². The molecule has 0 spiro atoms. The zero-order valence-electron chi connectivity index (χ0n) is 13.3. The van der Waals surface area contributed by atoms with Gasteiger partial charge < -0.3 is 20.4 Å². The molecule has 0 bridgehead atoms. The van der Waals surface area contributed by atoms with Gasteiger partial charge in [-0.1, -0.05) is 20.8 Å². The topological polar surface area (TPSA) is 69.9 Å². The molecule has 1 heterocycles. The lowest BCUT2D eigenvalue weighted by Crippen LogP contribution is -2.57. The molecular formula is C14H28N4O2. The number of carbonyl (C=O) groups excluding carboxylic acids is 2. The van der Waals surface area contributed by atoms with Gasteiger partial charge in [0.1, 0.15) is 0 Å². The van der Waals surface area contributed by atoms with E-state index in [0.717, 1.165) is 0 Å². The first-order valence-electron chi connectivity index (χ1n) is 7.10. The van der Waals surface area contributed by atoms with Crippen LogP contribution in [0.5, 0.6) is 0 Å². The average molecular weight is 284 g/mol. The van der Waals surface area contributed by atoms with E-state index in [4.69, 9.17) is 5.73 Å². The van der Waals surface area contributed by atoms with Crippen LogP contribution in [0.25, 0.3) is 0 Å². The van der Waals surface area contributed by atoms with Crippen LogP contribution in [-0.2, 0) is 9.59 Å². The number of rotatable bonds is 3. The Hall–Kier alpha value is -1.14. The van der Waals surface area contributed by atoms with E-state index in [2.05, 4.69) is 0 Å². The molecule has 0 saturated carbocycles. The maximum atomic E-state index is 12.3. The first kappa shape index (κ1) is 16.9. The van der Waals surface area contributed by atoms with E-state index in [1.54, 1.807) is 4.90 Å². The predicted octanol–water partition coefficient (Wildman–Crippen LogP) is -0.408. The zero-order chi connectivity index (χ0) is 15.5. The van der Waals surface area contributed by atoms with Gasteiger partial charge in [-0.3, -0.25) is 9.59 Å². The molecule has 2 N–H and O–H groups in total. The van der Waals surface area contributed by atoms with E-state index in [1.165, 1.54) is 0 Å². The number of hydrogen-bond acceptors (Lipinski definition) is 4. The summed E-state index contributed by atoms with van der Waals surface area (Å²) in [6.45, 7) is 8.63. The Balaban J connectivity index is 2.50. The zero-order valence-corrected chi connectivity index (χ0v) is 13.3. The molecule has 0 aromatic rings. The highest BCUT2D eigenvalue weighted by atomic mass is 16.2. The van der Waals surface area contributed by atoms with E-state index in [1.807, 2.05) is 44.7 Å². The highest BCUT2D eigenvalue weighted by Crippen LogP contribution is 2.19. The van der Waals surface area contributed by atoms with Crippen molar-refractivity contribution in [1.29, 1.82) is 0 Å². The maximum absolute atomic E-state index is 12.3. The van der Waals surface area contributed by atoms with Gasteiger partial charge in [-0.15, -0.1) is 0 Å². The Labute approximate surface area is 121 Å². The number of carbonyl (C=O) groups is 2. The van der Waals surface area contributed by atoms with Crippen LogP contribution >= 0.6 is 0 Å². The van der Waals surface area contributed by atoms with E-state index < -0.39 is 6.04 Å². The number of nitrogens with two attached hydrogens (primary N) is 1. The molecule has 1 aliphatic rings. The number of hydrogen-bond donors (Lipinski definition) is 1. The summed E-state index contributed by atoms with van der Waals surface area (Å²) in [5.41, 5.74) is 5.77. The second kappa shape index (κ2) is 6.54. The van der Waals surface area contributed by atoms with Crippen molar-refractivity contribution < 1.29 is 9.59 Å². The smallest absolute Gasteiger partial charge is 0.240 e. The molecule has 0 aliphatic carbocycles. The molecule has 1 saturated heterocycles. The monoisotopic (exact) mass is 284 g/mol. The van der Waals surface area contributed by atoms with Gasteiger partial charge in [-0.25, -0.2) is 0 Å². The quantitative estimate of drug-likeness (QED) is 0.765. The Kier molecular flexibility index (Phi) is 5.53. The molecule has 0 aromatic carbocycles. The maximum Gasteiger partial charge on any atom is 0.240 e. The van der Waals surface area contributed by atoms with Crippen molar-refractivity contribution in [3.05, 3.63) is 0 Å². The summed E-state index contributed by atoms with van der Waals surface area (Å²) < 4.78 is 0. The van der Waals surface area contributed by atoms with Gasteiger partial charge >= 0.3 is 0 Å². The van der Waals surface area contributed by atoms with Crippen LogP contribution in [0.4, 0.5) is 0 Å². The minimum atomic E-state index is -0.494. The SMILES string of the molecule is CN(C)CC(=O)N1CCN(C(=O)[C@H](N)C(C)(C)C)CC1. The molecule has 1 rings (SSSR count). The van der Waals surface area contributed by atoms with Crippen LogP contribution in [-0.4, -0.2) is 79.4 Å². The van der Waals surface area contributed by atoms with Gasteiger partial charge in [-0.05, 0) is 19.5 Å². The molecule has 0 aromatic heterocycles. The molecule has 6 nitrogen and oxygen atoms in total. The Morgan fingerprint density at radius 1 is 1.10 bits per heavy atom. The van der Waals surface area contributed by atoms with Crippen molar-refractivity contribution >= 4 is 11.8 Å². The molecule has 116 valence electrons. The van der Waals surface area contributed by atoms with E-state index >= 15 is 0 Å². The number of amides is 2. The van der Waals surface area contributed by atoms with E-state index in [-0.39, 0.29) is 17.2 Å². The van der Waals surface area contributed by atoms with Gasteiger partial charge in [0.15, 0.2) is 0 Å². The van der Waals surface area contributed by atoms with E-state index in [0.29, 0.717) is 32.7 Å². The Morgan fingerprint density at radius 3 is 1.95 bits per heavy atom. The summed E-state index contributed by atoms with van der Waals surface area (Å²) >= 11 is 0. The van der Waals surface area contributed by atoms with Crippen LogP contribution in [0, 0.1) is 5.41 Å². The Bertz CT molecular complexity index is 355. The third-order valence-electron chi connectivity index (χ3n) is 3.59. The molecule has 6 heteroatoms. The highest BCUT2D eigenvalue weighted by Gasteiger charge is 2.33. The fourth-order valence-corrected chi connectivity index (χ4v) is 2.11. The van der Waals surface area contributed by atoms with Gasteiger partial charge in [0.05, 0.1) is 12.6 Å². The number of piperazine rings is 1. The van der Waals surface area contributed by atoms with Gasteiger partial charge in [0, 0.05) is 26.2 Å². The third kappa shape index (κ3) is 4.45. The van der Waals surface area contributed by atoms with Gasteiger partial charge in [0.2, 0.25) is 11.8 Å². The molecule has 0 unspecified atom stereocenters. The number of nitrogens with zero attached hydrogens (tertiary/aromatic N) is 3. The summed E-state index contributed by atoms with van der Waals surface area (Å²) in [6, 6.07) is -0.494. The third-order valence-corrected chi connectivity index (χ3v) is 3.59. The van der Waals surface area contributed by atoms with Gasteiger partial charge in [-0.2, -0.15) is 0 Å². The van der Waals surface area contributed by atoms with Crippen molar-refractivity contribution in [2.24, 2.45) is 11.1 Å². The first-order valence-corrected chi connectivity index (χ1v) is 7.10. The molecule has 0 radical (unpaired) electrons. The summed E-state index contributed by atoms with van der Waals surface area (Å²) in [5.74, 6) is 0.0967. The molecular weight excluding hydrogens is 256 g/mol. The van der Waals surface area contributed by atoms with Crippen LogP contribution in [0.1, 0.15) is 20.8 Å². The molecule has 2 amide bonds. The first-order chi connectivity index (χ1) is 9.12. The summed E-state index contributed by atoms with van der Waals surface area (Å²) in [5, 5.41) is 0. The largest absolute Gasteiger partial charge is 0.338 e. The number of likely N-dealkylation sites (N-methyl/N-ethyl adjacent to an activating group) is 1. The van der Waals surface area contributed by atoms with Gasteiger partial charge in [0.25, 0.3) is 0 Å². The normalized spacial score (nSPS) is 18.4. The summed E-state index contributed by atoms with van der Waals surface area (Å²) in [7, 11) is 3.75. The van der Waals surface area contributed by atoms with Crippen molar-refractivity contribution in [3.63, 3.8) is 0 Å². The summed E-state index contributed by atoms with van der Waals surface area (Å²) in [4.78, 5) is 29.7. The van der Waals surface area contributed by atoms with Crippen molar-refractivity contribution in [2.45, 2.75) is 26.8 Å². The Morgan fingerprint density at radius 2 is 1.55 bits per heavy atom. The average Bonchev–Trinajstić information content (AvgIpc) is 2.35. The molecule has 1 atom stereocenters. The fraction of sp³-hybridized carbons (Fsp3) is 0.857. The lowest BCUT2D eigenvalue weighted by Gasteiger charge is -2.38. The van der Waals surface area contributed by atoms with Crippen LogP contribution in [0.15, 0.2) is 0 Å². The second-order valence-electron chi connectivity index (χ2n) is 6.79. The highest BCUT2D eigenvalue weighted by molar-refractivity contribution is 5.83. The summed E-state index contributed by atoms with van der Waals surface area (Å²) in [6.07, 6.45) is 0. The van der Waals surface area contributed by atoms with Crippen LogP contribution < -0.4 is 5.73 Å². The second-order valence-corrected chi connectivity index (χ2v) is 6.79. The minimum Gasteiger partial charge on any atom is -0.338 e. The fourth-order valence-electron chi connectivity index (χ4n) is 2.11. The molecule has 1 aliphatic heterocycles. The van der Waals surface area contributed by atoms with Crippen molar-refractivity contribution in [1.82, 2.24) is 14.7 Å². The standard InChI is InChI=1S/C14H28N4O2/c1-14(2,3)12(15)13(20)18-8-6-17(7-9-18)11(19)10-16(4)5/h12H,6-10,15H2,1-5H3/t12-/m0/s1.